The highest BCUT2D eigenvalue weighted by Crippen LogP contribution is 2.60. The average molecular weight is 376 g/mol. The third-order valence-corrected chi connectivity index (χ3v) is 7.50. The molecule has 0 atom stereocenters. The molecule has 5 rings (SSSR count). The van der Waals surface area contributed by atoms with Crippen LogP contribution in [0.25, 0.3) is 0 Å². The molecule has 1 aromatic carbocycles. The highest BCUT2D eigenvalue weighted by molar-refractivity contribution is 7.90. The minimum atomic E-state index is -3.53. The minimum absolute atomic E-state index is 0.0402. The lowest BCUT2D eigenvalue weighted by atomic mass is 9.49. The van der Waals surface area contributed by atoms with Gasteiger partial charge in [0.1, 0.15) is 0 Å². The van der Waals surface area contributed by atoms with Gasteiger partial charge >= 0.3 is 0 Å². The monoisotopic (exact) mass is 376 g/mol. The molecule has 0 radical (unpaired) electrons. The lowest BCUT2D eigenvalue weighted by Gasteiger charge is -2.55. The zero-order valence-corrected chi connectivity index (χ0v) is 15.6. The van der Waals surface area contributed by atoms with Crippen molar-refractivity contribution in [3.8, 4) is 0 Å². The Labute approximate surface area is 153 Å². The fourth-order valence-corrected chi connectivity index (χ4v) is 6.57. The molecule has 4 aliphatic carbocycles. The number of benzene rings is 1. The summed E-state index contributed by atoms with van der Waals surface area (Å²) in [6.07, 6.45) is 7.48. The molecular formula is C19H24N2O4S. The Kier molecular flexibility index (Phi) is 4.10. The standard InChI is InChI=1S/C19H24N2O4S/c1-26(24,25)16-5-3-2-4-15(16)17(22)20-21-18(23)19-9-12-6-13(10-19)8-14(7-12)11-19/h2-5,12-14H,6-11H2,1H3,(H,20,22)(H,21,23). The topological polar surface area (TPSA) is 92.3 Å². The molecule has 6 nitrogen and oxygen atoms in total. The normalized spacial score (nSPS) is 32.3. The Morgan fingerprint density at radius 3 is 2.04 bits per heavy atom. The summed E-state index contributed by atoms with van der Waals surface area (Å²) in [7, 11) is -3.53. The van der Waals surface area contributed by atoms with E-state index in [4.69, 9.17) is 0 Å². The van der Waals surface area contributed by atoms with E-state index in [1.54, 1.807) is 12.1 Å². The maximum Gasteiger partial charge on any atom is 0.271 e. The van der Waals surface area contributed by atoms with E-state index >= 15 is 0 Å². The Morgan fingerprint density at radius 1 is 0.962 bits per heavy atom. The molecule has 4 aliphatic rings. The second-order valence-electron chi connectivity index (χ2n) is 8.37. The summed E-state index contributed by atoms with van der Waals surface area (Å²) in [5, 5.41) is 0. The van der Waals surface area contributed by atoms with Gasteiger partial charge in [-0.25, -0.2) is 8.42 Å². The van der Waals surface area contributed by atoms with Gasteiger partial charge in [0.25, 0.3) is 5.91 Å². The number of carbonyl (C=O) groups is 2. The molecule has 1 aromatic rings. The van der Waals surface area contributed by atoms with Crippen molar-refractivity contribution in [3.63, 3.8) is 0 Å². The molecule has 4 bridgehead atoms. The van der Waals surface area contributed by atoms with Crippen LogP contribution in [0.3, 0.4) is 0 Å². The Balaban J connectivity index is 1.47. The first kappa shape index (κ1) is 17.5. The third-order valence-electron chi connectivity index (χ3n) is 6.34. The number of hydrogen-bond donors (Lipinski definition) is 2. The Bertz CT molecular complexity index is 827. The van der Waals surface area contributed by atoms with E-state index in [9.17, 15) is 18.0 Å². The summed E-state index contributed by atoms with van der Waals surface area (Å²) in [6, 6.07) is 6.01. The van der Waals surface area contributed by atoms with Crippen molar-refractivity contribution >= 4 is 21.7 Å². The van der Waals surface area contributed by atoms with Gasteiger partial charge in [0, 0.05) is 6.26 Å². The molecule has 4 fully saturated rings. The molecule has 26 heavy (non-hydrogen) atoms. The van der Waals surface area contributed by atoms with Crippen molar-refractivity contribution in [3.05, 3.63) is 29.8 Å². The van der Waals surface area contributed by atoms with E-state index in [1.807, 2.05) is 0 Å². The van der Waals surface area contributed by atoms with Crippen LogP contribution in [0.2, 0.25) is 0 Å². The van der Waals surface area contributed by atoms with Crippen molar-refractivity contribution in [2.24, 2.45) is 23.2 Å². The number of amides is 2. The quantitative estimate of drug-likeness (QED) is 0.790. The number of sulfone groups is 1. The zero-order chi connectivity index (χ0) is 18.5. The summed E-state index contributed by atoms with van der Waals surface area (Å²) in [5.41, 5.74) is 4.70. The van der Waals surface area contributed by atoms with Crippen molar-refractivity contribution < 1.29 is 18.0 Å². The molecule has 2 amide bonds. The van der Waals surface area contributed by atoms with E-state index in [1.165, 1.54) is 31.4 Å². The molecule has 0 aromatic heterocycles. The van der Waals surface area contributed by atoms with E-state index in [0.29, 0.717) is 17.8 Å². The molecule has 0 unspecified atom stereocenters. The first-order valence-electron chi connectivity index (χ1n) is 9.17. The van der Waals surface area contributed by atoms with Crippen molar-refractivity contribution in [2.45, 2.75) is 43.4 Å². The molecule has 0 spiro atoms. The Morgan fingerprint density at radius 2 is 1.50 bits per heavy atom. The van der Waals surface area contributed by atoms with Gasteiger partial charge in [0.05, 0.1) is 15.9 Å². The predicted molar refractivity (Wildman–Crippen MR) is 95.8 cm³/mol. The highest BCUT2D eigenvalue weighted by atomic mass is 32.2. The fraction of sp³-hybridized carbons (Fsp3) is 0.579. The van der Waals surface area contributed by atoms with Crippen LogP contribution in [-0.2, 0) is 14.6 Å². The number of hydrogen-bond acceptors (Lipinski definition) is 4. The van der Waals surface area contributed by atoms with Crippen molar-refractivity contribution in [1.82, 2.24) is 10.9 Å². The van der Waals surface area contributed by atoms with E-state index in [2.05, 4.69) is 10.9 Å². The minimum Gasteiger partial charge on any atom is -0.273 e. The summed E-state index contributed by atoms with van der Waals surface area (Å²) < 4.78 is 23.7. The second kappa shape index (κ2) is 6.08. The SMILES string of the molecule is CS(=O)(=O)c1ccccc1C(=O)NNC(=O)C12CC3CC(CC(C3)C1)C2. The van der Waals surface area contributed by atoms with Crippen LogP contribution in [0.4, 0.5) is 0 Å². The molecule has 4 saturated carbocycles. The van der Waals surface area contributed by atoms with Crippen LogP contribution in [0.5, 0.6) is 0 Å². The number of hydrazine groups is 1. The second-order valence-corrected chi connectivity index (χ2v) is 10.4. The molecule has 0 aliphatic heterocycles. The summed E-state index contributed by atoms with van der Waals surface area (Å²) in [4.78, 5) is 25.3. The van der Waals surface area contributed by atoms with Gasteiger partial charge in [0.15, 0.2) is 9.84 Å². The van der Waals surface area contributed by atoms with Gasteiger partial charge in [-0.15, -0.1) is 0 Å². The summed E-state index contributed by atoms with van der Waals surface area (Å²) in [6.45, 7) is 0. The maximum atomic E-state index is 12.9. The number of rotatable bonds is 3. The van der Waals surface area contributed by atoms with Gasteiger partial charge in [0.2, 0.25) is 5.91 Å². The number of nitrogens with one attached hydrogen (secondary N) is 2. The molecule has 0 saturated heterocycles. The van der Waals surface area contributed by atoms with Crippen LogP contribution in [0.1, 0.15) is 48.9 Å². The predicted octanol–water partition coefficient (Wildman–Crippen LogP) is 2.07. The van der Waals surface area contributed by atoms with E-state index < -0.39 is 15.7 Å². The number of carbonyl (C=O) groups excluding carboxylic acids is 2. The van der Waals surface area contributed by atoms with E-state index in [-0.39, 0.29) is 21.8 Å². The van der Waals surface area contributed by atoms with Crippen molar-refractivity contribution in [1.29, 1.82) is 0 Å². The van der Waals surface area contributed by atoms with Crippen LogP contribution in [0.15, 0.2) is 29.2 Å². The molecule has 7 heteroatoms. The molecular weight excluding hydrogens is 352 g/mol. The maximum absolute atomic E-state index is 12.9. The Hall–Kier alpha value is -1.89. The van der Waals surface area contributed by atoms with Gasteiger partial charge in [-0.05, 0) is 68.4 Å². The van der Waals surface area contributed by atoms with E-state index in [0.717, 1.165) is 25.5 Å². The first-order valence-corrected chi connectivity index (χ1v) is 11.1. The summed E-state index contributed by atoms with van der Waals surface area (Å²) >= 11 is 0. The zero-order valence-electron chi connectivity index (χ0n) is 14.8. The third kappa shape index (κ3) is 3.02. The van der Waals surface area contributed by atoms with Gasteiger partial charge in [-0.1, -0.05) is 12.1 Å². The van der Waals surface area contributed by atoms with Gasteiger partial charge in [-0.2, -0.15) is 0 Å². The van der Waals surface area contributed by atoms with Crippen LogP contribution < -0.4 is 10.9 Å². The van der Waals surface area contributed by atoms with Crippen molar-refractivity contribution in [2.75, 3.05) is 6.26 Å². The lowest BCUT2D eigenvalue weighted by Crippen LogP contribution is -2.56. The lowest BCUT2D eigenvalue weighted by molar-refractivity contribution is -0.147. The first-order chi connectivity index (χ1) is 12.3. The van der Waals surface area contributed by atoms with Gasteiger partial charge < -0.3 is 0 Å². The average Bonchev–Trinajstić information content (AvgIpc) is 2.57. The molecule has 140 valence electrons. The van der Waals surface area contributed by atoms with Gasteiger partial charge in [-0.3, -0.25) is 20.4 Å². The molecule has 0 heterocycles. The van der Waals surface area contributed by atoms with Crippen LogP contribution in [-0.4, -0.2) is 26.5 Å². The smallest absolute Gasteiger partial charge is 0.271 e. The molecule has 2 N–H and O–H groups in total. The largest absolute Gasteiger partial charge is 0.273 e. The highest BCUT2D eigenvalue weighted by Gasteiger charge is 2.54. The van der Waals surface area contributed by atoms with Crippen LogP contribution in [0, 0.1) is 23.2 Å². The summed E-state index contributed by atoms with van der Waals surface area (Å²) in [5.74, 6) is 1.17. The van der Waals surface area contributed by atoms with Crippen LogP contribution >= 0.6 is 0 Å². The fourth-order valence-electron chi connectivity index (χ4n) is 5.68.